The topological polar surface area (TPSA) is 18.5 Å². The summed E-state index contributed by atoms with van der Waals surface area (Å²) >= 11 is 0. The monoisotopic (exact) mass is 174 g/mol. The molecule has 0 aromatic carbocycles. The van der Waals surface area contributed by atoms with Crippen molar-refractivity contribution in [1.29, 1.82) is 0 Å². The molecule has 0 saturated heterocycles. The highest BCUT2D eigenvalue weighted by Gasteiger charge is 2.25. The fourth-order valence-corrected chi connectivity index (χ4v) is 1.21. The van der Waals surface area contributed by atoms with Crippen molar-refractivity contribution in [2.75, 3.05) is 13.2 Å². The van der Waals surface area contributed by atoms with E-state index in [1.807, 2.05) is 20.8 Å². The molecule has 0 aliphatic rings. The first-order chi connectivity index (χ1) is 5.27. The molecule has 2 heteroatoms. The third-order valence-corrected chi connectivity index (χ3v) is 1.24. The van der Waals surface area contributed by atoms with Gasteiger partial charge in [-0.1, -0.05) is 0 Å². The van der Waals surface area contributed by atoms with Crippen LogP contribution in [0.15, 0.2) is 0 Å². The molecular formula is C10H22O2. The van der Waals surface area contributed by atoms with Crippen LogP contribution in [0.4, 0.5) is 0 Å². The van der Waals surface area contributed by atoms with Crippen LogP contribution < -0.4 is 0 Å². The molecule has 0 fully saturated rings. The Kier molecular flexibility index (Phi) is 4.21. The van der Waals surface area contributed by atoms with Gasteiger partial charge in [-0.3, -0.25) is 0 Å². The van der Waals surface area contributed by atoms with Gasteiger partial charge in [0, 0.05) is 6.61 Å². The quantitative estimate of drug-likeness (QED) is 0.652. The largest absolute Gasteiger partial charge is 0.379 e. The van der Waals surface area contributed by atoms with Crippen LogP contribution >= 0.6 is 0 Å². The molecule has 0 radical (unpaired) electrons. The molecule has 12 heavy (non-hydrogen) atoms. The molecule has 2 nitrogen and oxygen atoms in total. The minimum absolute atomic E-state index is 0.0966. The van der Waals surface area contributed by atoms with E-state index in [1.54, 1.807) is 0 Å². The fourth-order valence-electron chi connectivity index (χ4n) is 1.21. The number of rotatable bonds is 4. The van der Waals surface area contributed by atoms with Gasteiger partial charge in [0.15, 0.2) is 0 Å². The van der Waals surface area contributed by atoms with E-state index in [4.69, 9.17) is 9.47 Å². The first-order valence-corrected chi connectivity index (χ1v) is 4.55. The Balaban J connectivity index is 3.86. The summed E-state index contributed by atoms with van der Waals surface area (Å²) in [5.74, 6) is 0. The SMILES string of the molecule is CCOCC(C)(C)OC(C)(C)C. The van der Waals surface area contributed by atoms with Gasteiger partial charge in [0.1, 0.15) is 0 Å². The summed E-state index contributed by atoms with van der Waals surface area (Å²) in [5.41, 5.74) is -0.283. The van der Waals surface area contributed by atoms with Crippen LogP contribution in [-0.4, -0.2) is 24.4 Å². The van der Waals surface area contributed by atoms with E-state index in [2.05, 4.69) is 20.8 Å². The molecule has 0 aromatic rings. The molecule has 0 saturated carbocycles. The van der Waals surface area contributed by atoms with Crippen molar-refractivity contribution in [3.63, 3.8) is 0 Å². The minimum Gasteiger partial charge on any atom is -0.379 e. The van der Waals surface area contributed by atoms with E-state index < -0.39 is 0 Å². The number of hydrogen-bond acceptors (Lipinski definition) is 2. The molecule has 0 aromatic heterocycles. The van der Waals surface area contributed by atoms with Crippen LogP contribution in [0.5, 0.6) is 0 Å². The molecule has 0 heterocycles. The predicted octanol–water partition coefficient (Wildman–Crippen LogP) is 2.62. The first-order valence-electron chi connectivity index (χ1n) is 4.55. The summed E-state index contributed by atoms with van der Waals surface area (Å²) < 4.78 is 11.1. The van der Waals surface area contributed by atoms with E-state index in [-0.39, 0.29) is 11.2 Å². The molecule has 74 valence electrons. The van der Waals surface area contributed by atoms with Crippen LogP contribution in [0.2, 0.25) is 0 Å². The van der Waals surface area contributed by atoms with Crippen LogP contribution in [0.3, 0.4) is 0 Å². The van der Waals surface area contributed by atoms with Crippen molar-refractivity contribution in [1.82, 2.24) is 0 Å². The maximum Gasteiger partial charge on any atom is 0.0866 e. The Morgan fingerprint density at radius 1 is 1.00 bits per heavy atom. The van der Waals surface area contributed by atoms with Crippen molar-refractivity contribution in [3.8, 4) is 0 Å². The normalized spacial score (nSPS) is 13.5. The highest BCUT2D eigenvalue weighted by molar-refractivity contribution is 4.73. The molecular weight excluding hydrogens is 152 g/mol. The zero-order valence-corrected chi connectivity index (χ0v) is 9.23. The summed E-state index contributed by atoms with van der Waals surface area (Å²) in [7, 11) is 0. The average Bonchev–Trinajstić information content (AvgIpc) is 1.78. The zero-order chi connectivity index (χ0) is 9.83. The summed E-state index contributed by atoms with van der Waals surface area (Å²) in [5, 5.41) is 0. The van der Waals surface area contributed by atoms with Crippen LogP contribution in [-0.2, 0) is 9.47 Å². The number of ether oxygens (including phenoxy) is 2. The van der Waals surface area contributed by atoms with Gasteiger partial charge >= 0.3 is 0 Å². The van der Waals surface area contributed by atoms with Gasteiger partial charge < -0.3 is 9.47 Å². The molecule has 0 N–H and O–H groups in total. The molecule has 0 atom stereocenters. The Labute approximate surface area is 76.3 Å². The van der Waals surface area contributed by atoms with Gasteiger partial charge in [0.05, 0.1) is 17.8 Å². The van der Waals surface area contributed by atoms with Crippen molar-refractivity contribution in [2.45, 2.75) is 52.7 Å². The van der Waals surface area contributed by atoms with Gasteiger partial charge in [-0.05, 0) is 41.5 Å². The molecule has 0 amide bonds. The number of hydrogen-bond donors (Lipinski definition) is 0. The molecule has 0 aliphatic carbocycles. The van der Waals surface area contributed by atoms with Crippen molar-refractivity contribution in [2.24, 2.45) is 0 Å². The van der Waals surface area contributed by atoms with Crippen molar-refractivity contribution < 1.29 is 9.47 Å². The summed E-state index contributed by atoms with van der Waals surface area (Å²) in [6, 6.07) is 0. The molecule has 0 bridgehead atoms. The first kappa shape index (κ1) is 11.9. The van der Waals surface area contributed by atoms with Crippen LogP contribution in [0, 0.1) is 0 Å². The minimum atomic E-state index is -0.186. The van der Waals surface area contributed by atoms with Crippen molar-refractivity contribution >= 4 is 0 Å². The lowest BCUT2D eigenvalue weighted by Gasteiger charge is -2.33. The Morgan fingerprint density at radius 3 is 1.83 bits per heavy atom. The Hall–Kier alpha value is -0.0800. The standard InChI is InChI=1S/C10H22O2/c1-7-11-8-10(5,6)12-9(2,3)4/h7-8H2,1-6H3. The van der Waals surface area contributed by atoms with E-state index in [0.717, 1.165) is 6.61 Å². The molecule has 0 rings (SSSR count). The Morgan fingerprint density at radius 2 is 1.50 bits per heavy atom. The third kappa shape index (κ3) is 6.62. The van der Waals surface area contributed by atoms with Crippen molar-refractivity contribution in [3.05, 3.63) is 0 Å². The predicted molar refractivity (Wildman–Crippen MR) is 51.4 cm³/mol. The van der Waals surface area contributed by atoms with E-state index in [1.165, 1.54) is 0 Å². The maximum atomic E-state index is 5.80. The second kappa shape index (κ2) is 4.24. The zero-order valence-electron chi connectivity index (χ0n) is 9.23. The van der Waals surface area contributed by atoms with E-state index in [9.17, 15) is 0 Å². The summed E-state index contributed by atoms with van der Waals surface area (Å²) in [6.45, 7) is 13.7. The van der Waals surface area contributed by atoms with E-state index >= 15 is 0 Å². The second-order valence-corrected chi connectivity index (χ2v) is 4.61. The van der Waals surface area contributed by atoms with Crippen LogP contribution in [0.1, 0.15) is 41.5 Å². The molecule has 0 unspecified atom stereocenters. The molecule has 0 spiro atoms. The van der Waals surface area contributed by atoms with Gasteiger partial charge in [-0.2, -0.15) is 0 Å². The third-order valence-electron chi connectivity index (χ3n) is 1.24. The van der Waals surface area contributed by atoms with Crippen LogP contribution in [0.25, 0.3) is 0 Å². The van der Waals surface area contributed by atoms with E-state index in [0.29, 0.717) is 6.61 Å². The molecule has 0 aliphatic heterocycles. The Bertz CT molecular complexity index is 122. The fraction of sp³-hybridized carbons (Fsp3) is 1.00. The lowest BCUT2D eigenvalue weighted by Crippen LogP contribution is -2.38. The lowest BCUT2D eigenvalue weighted by molar-refractivity contribution is -0.142. The highest BCUT2D eigenvalue weighted by atomic mass is 16.6. The van der Waals surface area contributed by atoms with Gasteiger partial charge in [-0.25, -0.2) is 0 Å². The smallest absolute Gasteiger partial charge is 0.0866 e. The maximum absolute atomic E-state index is 5.80. The van der Waals surface area contributed by atoms with Gasteiger partial charge in [0.25, 0.3) is 0 Å². The average molecular weight is 174 g/mol. The summed E-state index contributed by atoms with van der Waals surface area (Å²) in [6.07, 6.45) is 0. The lowest BCUT2D eigenvalue weighted by atomic mass is 10.1. The summed E-state index contributed by atoms with van der Waals surface area (Å²) in [4.78, 5) is 0. The van der Waals surface area contributed by atoms with Gasteiger partial charge in [0.2, 0.25) is 0 Å². The second-order valence-electron chi connectivity index (χ2n) is 4.61. The highest BCUT2D eigenvalue weighted by Crippen LogP contribution is 2.19. The van der Waals surface area contributed by atoms with Gasteiger partial charge in [-0.15, -0.1) is 0 Å².